The summed E-state index contributed by atoms with van der Waals surface area (Å²) >= 11 is 12.4. The first-order valence-electron chi connectivity index (χ1n) is 8.33. The summed E-state index contributed by atoms with van der Waals surface area (Å²) in [6, 6.07) is 13.8. The molecule has 1 unspecified atom stereocenters. The average molecular weight is 414 g/mol. The van der Waals surface area contributed by atoms with Crippen LogP contribution in [0.2, 0.25) is 10.0 Å². The summed E-state index contributed by atoms with van der Waals surface area (Å²) in [4.78, 5) is 17.3. The van der Waals surface area contributed by atoms with Crippen LogP contribution in [-0.4, -0.2) is 37.9 Å². The second-order valence-electron chi connectivity index (χ2n) is 6.81. The van der Waals surface area contributed by atoms with E-state index in [1.165, 1.54) is 5.56 Å². The summed E-state index contributed by atoms with van der Waals surface area (Å²) in [5.74, 6) is 0.124. The summed E-state index contributed by atoms with van der Waals surface area (Å²) in [7, 11) is 3.99. The molecule has 26 heavy (non-hydrogen) atoms. The van der Waals surface area contributed by atoms with Crippen molar-refractivity contribution in [1.29, 1.82) is 0 Å². The zero-order valence-corrected chi connectivity index (χ0v) is 17.5. The third-order valence-corrected chi connectivity index (χ3v) is 5.61. The molecule has 3 nitrogen and oxygen atoms in total. The minimum atomic E-state index is -0.741. The van der Waals surface area contributed by atoms with E-state index in [1.807, 2.05) is 38.4 Å². The minimum Gasteiger partial charge on any atom is -0.354 e. The SMILES string of the molecule is CC(=O)C1(CN(C)C)c2ccccc2CCN1c1ccc(Cl)c(Cl)c1.Cl. The highest BCUT2D eigenvalue weighted by Crippen LogP contribution is 2.41. The Morgan fingerprint density at radius 2 is 1.85 bits per heavy atom. The number of nitrogens with zero attached hydrogens (tertiary/aromatic N) is 2. The van der Waals surface area contributed by atoms with E-state index in [1.54, 1.807) is 13.0 Å². The molecule has 6 heteroatoms. The number of ketones is 1. The Labute approximate surface area is 171 Å². The smallest absolute Gasteiger partial charge is 0.161 e. The van der Waals surface area contributed by atoms with Crippen molar-refractivity contribution in [3.05, 3.63) is 63.6 Å². The zero-order valence-electron chi connectivity index (χ0n) is 15.1. The number of carbonyl (C=O) groups is 1. The molecule has 2 aromatic rings. The molecule has 0 fully saturated rings. The largest absolute Gasteiger partial charge is 0.354 e. The van der Waals surface area contributed by atoms with Gasteiger partial charge in [-0.25, -0.2) is 0 Å². The molecule has 1 atom stereocenters. The minimum absolute atomic E-state index is 0. The van der Waals surface area contributed by atoms with Crippen LogP contribution in [0.3, 0.4) is 0 Å². The Hall–Kier alpha value is -1.26. The van der Waals surface area contributed by atoms with Gasteiger partial charge < -0.3 is 9.80 Å². The Balaban J connectivity index is 0.00000243. The number of hydrogen-bond acceptors (Lipinski definition) is 3. The number of carbonyl (C=O) groups excluding carboxylic acids is 1. The van der Waals surface area contributed by atoms with E-state index < -0.39 is 5.54 Å². The molecule has 1 heterocycles. The van der Waals surface area contributed by atoms with E-state index in [-0.39, 0.29) is 18.2 Å². The second-order valence-corrected chi connectivity index (χ2v) is 7.63. The van der Waals surface area contributed by atoms with Crippen LogP contribution in [0, 0.1) is 0 Å². The number of likely N-dealkylation sites (N-methyl/N-ethyl adjacent to an activating group) is 1. The van der Waals surface area contributed by atoms with E-state index >= 15 is 0 Å². The summed E-state index contributed by atoms with van der Waals surface area (Å²) in [5.41, 5.74) is 2.49. The van der Waals surface area contributed by atoms with Crippen molar-refractivity contribution < 1.29 is 4.79 Å². The first kappa shape index (κ1) is 21.0. The highest BCUT2D eigenvalue weighted by Gasteiger charge is 2.47. The molecular formula is C20H23Cl3N2O. The van der Waals surface area contributed by atoms with E-state index in [2.05, 4.69) is 21.9 Å². The van der Waals surface area contributed by atoms with Crippen molar-refractivity contribution in [1.82, 2.24) is 4.90 Å². The van der Waals surface area contributed by atoms with E-state index in [4.69, 9.17) is 23.2 Å². The first-order chi connectivity index (χ1) is 11.9. The number of hydrogen-bond donors (Lipinski definition) is 0. The van der Waals surface area contributed by atoms with Gasteiger partial charge in [-0.15, -0.1) is 12.4 Å². The highest BCUT2D eigenvalue weighted by atomic mass is 35.5. The number of Topliss-reactive ketones (excluding diaryl/α,β-unsaturated/α-hetero) is 1. The molecular weight excluding hydrogens is 391 g/mol. The predicted octanol–water partition coefficient (Wildman–Crippen LogP) is 4.82. The maximum atomic E-state index is 13.0. The van der Waals surface area contributed by atoms with Crippen molar-refractivity contribution in [2.24, 2.45) is 0 Å². The third kappa shape index (κ3) is 3.59. The molecule has 0 saturated carbocycles. The Kier molecular flexibility index (Phi) is 6.62. The van der Waals surface area contributed by atoms with E-state index in [0.29, 0.717) is 16.6 Å². The van der Waals surface area contributed by atoms with Crippen LogP contribution in [-0.2, 0) is 16.8 Å². The predicted molar refractivity (Wildman–Crippen MR) is 112 cm³/mol. The molecule has 3 rings (SSSR count). The van der Waals surface area contributed by atoms with Gasteiger partial charge in [0.2, 0.25) is 0 Å². The van der Waals surface area contributed by atoms with Crippen molar-refractivity contribution in [2.45, 2.75) is 18.9 Å². The normalized spacial score (nSPS) is 19.1. The summed E-state index contributed by atoms with van der Waals surface area (Å²) < 4.78 is 0. The monoisotopic (exact) mass is 412 g/mol. The molecule has 0 radical (unpaired) electrons. The van der Waals surface area contributed by atoms with Crippen LogP contribution < -0.4 is 4.90 Å². The molecule has 0 aliphatic carbocycles. The van der Waals surface area contributed by atoms with Crippen molar-refractivity contribution in [3.63, 3.8) is 0 Å². The van der Waals surface area contributed by atoms with E-state index in [9.17, 15) is 4.79 Å². The molecule has 0 bridgehead atoms. The summed E-state index contributed by atoms with van der Waals surface area (Å²) in [6.45, 7) is 3.03. The summed E-state index contributed by atoms with van der Waals surface area (Å²) in [5, 5.41) is 1.02. The van der Waals surface area contributed by atoms with Gasteiger partial charge in [-0.05, 0) is 56.8 Å². The highest BCUT2D eigenvalue weighted by molar-refractivity contribution is 6.42. The lowest BCUT2D eigenvalue weighted by Crippen LogP contribution is -2.60. The maximum absolute atomic E-state index is 13.0. The second kappa shape index (κ2) is 8.18. The molecule has 2 aromatic carbocycles. The molecule has 140 valence electrons. The van der Waals surface area contributed by atoms with Gasteiger partial charge in [0.05, 0.1) is 10.0 Å². The van der Waals surface area contributed by atoms with Crippen molar-refractivity contribution >= 4 is 47.1 Å². The number of anilines is 1. The average Bonchev–Trinajstić information content (AvgIpc) is 2.57. The van der Waals surface area contributed by atoms with Crippen LogP contribution in [0.15, 0.2) is 42.5 Å². The molecule has 0 spiro atoms. The Morgan fingerprint density at radius 1 is 1.15 bits per heavy atom. The lowest BCUT2D eigenvalue weighted by atomic mass is 9.77. The van der Waals surface area contributed by atoms with Gasteiger partial charge in [-0.2, -0.15) is 0 Å². The Bertz CT molecular complexity index is 809. The van der Waals surface area contributed by atoms with Crippen molar-refractivity contribution in [2.75, 3.05) is 32.1 Å². The lowest BCUT2D eigenvalue weighted by molar-refractivity contribution is -0.123. The van der Waals surface area contributed by atoms with Crippen LogP contribution in [0.4, 0.5) is 5.69 Å². The number of benzene rings is 2. The standard InChI is InChI=1S/C20H22Cl2N2O.ClH/c1-14(25)20(13-23(2)3)17-7-5-4-6-15(17)10-11-24(20)16-8-9-18(21)19(22)12-16;/h4-9,12H,10-11,13H2,1-3H3;1H. The number of rotatable bonds is 4. The molecule has 1 aliphatic rings. The fourth-order valence-corrected chi connectivity index (χ4v) is 4.12. The molecule has 1 aliphatic heterocycles. The van der Waals surface area contributed by atoms with Gasteiger partial charge in [0.15, 0.2) is 5.78 Å². The number of halogens is 3. The van der Waals surface area contributed by atoms with E-state index in [0.717, 1.165) is 24.2 Å². The third-order valence-electron chi connectivity index (χ3n) is 4.87. The van der Waals surface area contributed by atoms with Gasteiger partial charge >= 0.3 is 0 Å². The van der Waals surface area contributed by atoms with Gasteiger partial charge in [0.25, 0.3) is 0 Å². The fourth-order valence-electron chi connectivity index (χ4n) is 3.83. The van der Waals surface area contributed by atoms with Gasteiger partial charge in [-0.1, -0.05) is 47.5 Å². The topological polar surface area (TPSA) is 23.6 Å². The fraction of sp³-hybridized carbons (Fsp3) is 0.350. The Morgan fingerprint density at radius 3 is 2.46 bits per heavy atom. The lowest BCUT2D eigenvalue weighted by Gasteiger charge is -2.49. The van der Waals surface area contributed by atoms with Crippen LogP contribution in [0.5, 0.6) is 0 Å². The molecule has 0 amide bonds. The maximum Gasteiger partial charge on any atom is 0.161 e. The van der Waals surface area contributed by atoms with Crippen molar-refractivity contribution in [3.8, 4) is 0 Å². The molecule has 0 aromatic heterocycles. The molecule has 0 N–H and O–H groups in total. The molecule has 0 saturated heterocycles. The van der Waals surface area contributed by atoms with Crippen LogP contribution in [0.25, 0.3) is 0 Å². The van der Waals surface area contributed by atoms with Gasteiger partial charge in [0.1, 0.15) is 5.54 Å². The number of fused-ring (bicyclic) bond motifs is 1. The van der Waals surface area contributed by atoms with Crippen LogP contribution >= 0.6 is 35.6 Å². The zero-order chi connectivity index (χ0) is 18.2. The quantitative estimate of drug-likeness (QED) is 0.717. The first-order valence-corrected chi connectivity index (χ1v) is 9.08. The van der Waals surface area contributed by atoms with Gasteiger partial charge in [0, 0.05) is 18.8 Å². The van der Waals surface area contributed by atoms with Crippen LogP contribution in [0.1, 0.15) is 18.1 Å². The van der Waals surface area contributed by atoms with Gasteiger partial charge in [-0.3, -0.25) is 4.79 Å². The summed E-state index contributed by atoms with van der Waals surface area (Å²) in [6.07, 6.45) is 0.888.